The maximum absolute atomic E-state index is 13.0. The van der Waals surface area contributed by atoms with Gasteiger partial charge in [0.1, 0.15) is 0 Å². The van der Waals surface area contributed by atoms with Gasteiger partial charge < -0.3 is 15.1 Å². The Bertz CT molecular complexity index is 523. The van der Waals surface area contributed by atoms with Gasteiger partial charge in [-0.3, -0.25) is 14.4 Å². The summed E-state index contributed by atoms with van der Waals surface area (Å²) in [5, 5.41) is 2.94. The minimum Gasteiger partial charge on any atom is -0.356 e. The third-order valence-electron chi connectivity index (χ3n) is 6.46. The monoisotopic (exact) mass is 377 g/mol. The van der Waals surface area contributed by atoms with Crippen LogP contribution in [-0.4, -0.2) is 60.2 Å². The molecule has 6 heteroatoms. The molecule has 1 aliphatic carbocycles. The number of likely N-dealkylation sites (tertiary alicyclic amines) is 1. The van der Waals surface area contributed by atoms with E-state index in [9.17, 15) is 14.4 Å². The summed E-state index contributed by atoms with van der Waals surface area (Å²) in [6.45, 7) is 3.44. The Morgan fingerprint density at radius 1 is 0.704 bits per heavy atom. The summed E-state index contributed by atoms with van der Waals surface area (Å²) < 4.78 is 0. The molecular weight excluding hydrogens is 342 g/mol. The van der Waals surface area contributed by atoms with Crippen LogP contribution in [0.15, 0.2) is 0 Å². The molecule has 0 radical (unpaired) electrons. The van der Waals surface area contributed by atoms with E-state index in [0.29, 0.717) is 32.0 Å². The van der Waals surface area contributed by atoms with Crippen molar-refractivity contribution in [2.45, 2.75) is 70.6 Å². The molecule has 2 aliphatic heterocycles. The van der Waals surface area contributed by atoms with Crippen LogP contribution in [-0.2, 0) is 14.4 Å². The van der Waals surface area contributed by atoms with E-state index in [0.717, 1.165) is 64.5 Å². The van der Waals surface area contributed by atoms with Gasteiger partial charge in [-0.05, 0) is 38.5 Å². The van der Waals surface area contributed by atoms with Gasteiger partial charge in [-0.25, -0.2) is 0 Å². The van der Waals surface area contributed by atoms with Gasteiger partial charge in [0.05, 0.1) is 0 Å². The van der Waals surface area contributed by atoms with Gasteiger partial charge in [0.15, 0.2) is 0 Å². The van der Waals surface area contributed by atoms with E-state index < -0.39 is 0 Å². The molecule has 0 aromatic rings. The maximum atomic E-state index is 13.0. The molecule has 3 rings (SSSR count). The summed E-state index contributed by atoms with van der Waals surface area (Å²) in [6.07, 6.45) is 10.6. The largest absolute Gasteiger partial charge is 0.356 e. The van der Waals surface area contributed by atoms with Crippen LogP contribution in [0.3, 0.4) is 0 Å². The summed E-state index contributed by atoms with van der Waals surface area (Å²) in [4.78, 5) is 41.4. The van der Waals surface area contributed by atoms with E-state index >= 15 is 0 Å². The number of carbonyl (C=O) groups excluding carboxylic acids is 3. The molecule has 152 valence electrons. The Morgan fingerprint density at radius 3 is 2.00 bits per heavy atom. The number of rotatable bonds is 2. The second-order valence-corrected chi connectivity index (χ2v) is 8.42. The molecule has 3 fully saturated rings. The molecule has 0 aromatic carbocycles. The van der Waals surface area contributed by atoms with Gasteiger partial charge >= 0.3 is 0 Å². The van der Waals surface area contributed by atoms with E-state index in [2.05, 4.69) is 5.32 Å². The smallest absolute Gasteiger partial charge is 0.225 e. The lowest BCUT2D eigenvalue weighted by molar-refractivity contribution is -0.142. The number of carbonyl (C=O) groups is 3. The first-order valence-electron chi connectivity index (χ1n) is 11.0. The van der Waals surface area contributed by atoms with Crippen molar-refractivity contribution in [1.29, 1.82) is 0 Å². The molecule has 0 unspecified atom stereocenters. The quantitative estimate of drug-likeness (QED) is 0.803. The zero-order valence-corrected chi connectivity index (χ0v) is 16.6. The summed E-state index contributed by atoms with van der Waals surface area (Å²) in [6, 6.07) is 0. The van der Waals surface area contributed by atoms with Crippen LogP contribution in [0.5, 0.6) is 0 Å². The highest BCUT2D eigenvalue weighted by atomic mass is 16.2. The molecule has 27 heavy (non-hydrogen) atoms. The summed E-state index contributed by atoms with van der Waals surface area (Å²) >= 11 is 0. The van der Waals surface area contributed by atoms with Crippen LogP contribution in [0.1, 0.15) is 70.6 Å². The third-order valence-corrected chi connectivity index (χ3v) is 6.46. The molecule has 0 bridgehead atoms. The number of nitrogens with one attached hydrogen (secondary N) is 1. The number of amides is 3. The first-order valence-corrected chi connectivity index (χ1v) is 11.0. The Hall–Kier alpha value is -1.59. The molecule has 3 amide bonds. The average Bonchev–Trinajstić information content (AvgIpc) is 3.21. The second-order valence-electron chi connectivity index (χ2n) is 8.42. The fraction of sp³-hybridized carbons (Fsp3) is 0.857. The summed E-state index contributed by atoms with van der Waals surface area (Å²) in [5.74, 6) is 0.777. The van der Waals surface area contributed by atoms with Crippen molar-refractivity contribution in [2.24, 2.45) is 11.8 Å². The molecule has 2 heterocycles. The Morgan fingerprint density at radius 2 is 1.30 bits per heavy atom. The van der Waals surface area contributed by atoms with E-state index in [1.165, 1.54) is 12.8 Å². The molecule has 2 saturated heterocycles. The van der Waals surface area contributed by atoms with Gasteiger partial charge in [0.2, 0.25) is 17.7 Å². The van der Waals surface area contributed by atoms with Crippen molar-refractivity contribution in [1.82, 2.24) is 15.1 Å². The number of piperidine rings is 1. The minimum absolute atomic E-state index is 0.00539. The van der Waals surface area contributed by atoms with E-state index in [1.807, 2.05) is 9.80 Å². The normalized spacial score (nSPS) is 24.4. The highest BCUT2D eigenvalue weighted by molar-refractivity contribution is 5.82. The second kappa shape index (κ2) is 10.1. The lowest BCUT2D eigenvalue weighted by Crippen LogP contribution is -2.46. The Kier molecular flexibility index (Phi) is 7.53. The van der Waals surface area contributed by atoms with Crippen molar-refractivity contribution in [3.05, 3.63) is 0 Å². The predicted octanol–water partition coefficient (Wildman–Crippen LogP) is 2.32. The fourth-order valence-electron chi connectivity index (χ4n) is 4.70. The zero-order valence-electron chi connectivity index (χ0n) is 16.6. The standard InChI is InChI=1S/C21H35N3O3/c25-19-11-16-23(13-6-2-1-5-12-22-19)21(27)18-9-14-24(15-10-18)20(26)17-7-3-4-8-17/h17-18H,1-16H2,(H,22,25). The molecule has 3 aliphatic rings. The summed E-state index contributed by atoms with van der Waals surface area (Å²) in [7, 11) is 0. The molecule has 1 N–H and O–H groups in total. The van der Waals surface area contributed by atoms with Gasteiger partial charge in [-0.2, -0.15) is 0 Å². The predicted molar refractivity (Wildman–Crippen MR) is 104 cm³/mol. The molecule has 0 atom stereocenters. The van der Waals surface area contributed by atoms with Crippen LogP contribution in [0, 0.1) is 11.8 Å². The lowest BCUT2D eigenvalue weighted by atomic mass is 9.93. The number of hydrogen-bond donors (Lipinski definition) is 1. The number of nitrogens with zero attached hydrogens (tertiary/aromatic N) is 2. The topological polar surface area (TPSA) is 69.7 Å². The minimum atomic E-state index is 0.00539. The van der Waals surface area contributed by atoms with Gasteiger partial charge in [-0.1, -0.05) is 25.7 Å². The zero-order chi connectivity index (χ0) is 19.1. The van der Waals surface area contributed by atoms with Gasteiger partial charge in [0.25, 0.3) is 0 Å². The average molecular weight is 378 g/mol. The molecular formula is C21H35N3O3. The van der Waals surface area contributed by atoms with Gasteiger partial charge in [-0.15, -0.1) is 0 Å². The van der Waals surface area contributed by atoms with Gasteiger partial charge in [0, 0.05) is 51.0 Å². The first-order chi connectivity index (χ1) is 13.1. The summed E-state index contributed by atoms with van der Waals surface area (Å²) in [5.41, 5.74) is 0. The molecule has 0 spiro atoms. The third kappa shape index (κ3) is 5.69. The van der Waals surface area contributed by atoms with Crippen molar-refractivity contribution in [3.8, 4) is 0 Å². The van der Waals surface area contributed by atoms with Crippen molar-refractivity contribution >= 4 is 17.7 Å². The van der Waals surface area contributed by atoms with Crippen LogP contribution >= 0.6 is 0 Å². The van der Waals surface area contributed by atoms with Crippen LogP contribution < -0.4 is 5.32 Å². The fourth-order valence-corrected chi connectivity index (χ4v) is 4.70. The Balaban J connectivity index is 1.50. The Labute approximate surface area is 163 Å². The molecule has 1 saturated carbocycles. The SMILES string of the molecule is O=C1CCN(C(=O)C2CCN(C(=O)C3CCCC3)CC2)CCCCCCN1. The maximum Gasteiger partial charge on any atom is 0.225 e. The van der Waals surface area contributed by atoms with Crippen molar-refractivity contribution in [2.75, 3.05) is 32.7 Å². The molecule has 6 nitrogen and oxygen atoms in total. The highest BCUT2D eigenvalue weighted by Crippen LogP contribution is 2.29. The van der Waals surface area contributed by atoms with E-state index in [4.69, 9.17) is 0 Å². The highest BCUT2D eigenvalue weighted by Gasteiger charge is 2.33. The van der Waals surface area contributed by atoms with E-state index in [-0.39, 0.29) is 23.7 Å². The van der Waals surface area contributed by atoms with Crippen LogP contribution in [0.25, 0.3) is 0 Å². The van der Waals surface area contributed by atoms with Crippen molar-refractivity contribution in [3.63, 3.8) is 0 Å². The van der Waals surface area contributed by atoms with E-state index in [1.54, 1.807) is 0 Å². The van der Waals surface area contributed by atoms with Crippen LogP contribution in [0.2, 0.25) is 0 Å². The first kappa shape index (κ1) is 20.2. The van der Waals surface area contributed by atoms with Crippen molar-refractivity contribution < 1.29 is 14.4 Å². The molecule has 0 aromatic heterocycles. The number of hydrogen-bond acceptors (Lipinski definition) is 3. The van der Waals surface area contributed by atoms with Crippen LogP contribution in [0.4, 0.5) is 0 Å². The lowest BCUT2D eigenvalue weighted by Gasteiger charge is -2.35.